The second-order valence-corrected chi connectivity index (χ2v) is 0.820. The quantitative estimate of drug-likeness (QED) is 0.458. The second kappa shape index (κ2) is 4.03. The molecule has 0 heterocycles. The van der Waals surface area contributed by atoms with Crippen LogP contribution in [0.3, 0.4) is 0 Å². The summed E-state index contributed by atoms with van der Waals surface area (Å²) in [5.74, 6) is 0. The molecule has 2 radical (unpaired) electrons. The number of rotatable bonds is 1. The molecule has 0 bridgehead atoms. The van der Waals surface area contributed by atoms with Gasteiger partial charge in [-0.3, -0.25) is 0 Å². The summed E-state index contributed by atoms with van der Waals surface area (Å²) >= 11 is 4.96. The highest BCUT2D eigenvalue weighted by Gasteiger charge is 1.55. The summed E-state index contributed by atoms with van der Waals surface area (Å²) < 4.78 is 0. The number of allylic oxidation sites excluding steroid dienone is 1. The molecule has 0 aliphatic rings. The maximum Gasteiger partial charge on any atom is 0.0549 e. The summed E-state index contributed by atoms with van der Waals surface area (Å²) in [6, 6.07) is 0. The summed E-state index contributed by atoms with van der Waals surface area (Å²) in [6.45, 7) is 3.47. The molecule has 0 spiro atoms. The van der Waals surface area contributed by atoms with E-state index in [4.69, 9.17) is 11.6 Å². The molecular formula is C4H5Cl. The van der Waals surface area contributed by atoms with E-state index in [-0.39, 0.29) is 0 Å². The monoisotopic (exact) mass is 88.0 g/mol. The summed E-state index contributed by atoms with van der Waals surface area (Å²) in [5, 5.41) is 0. The lowest BCUT2D eigenvalue weighted by Crippen LogP contribution is -1.43. The Morgan fingerprint density at radius 3 is 2.60 bits per heavy atom. The van der Waals surface area contributed by atoms with Crippen LogP contribution in [0.1, 0.15) is 6.42 Å². The van der Waals surface area contributed by atoms with Crippen molar-refractivity contribution in [3.8, 4) is 0 Å². The Morgan fingerprint density at radius 2 is 2.60 bits per heavy atom. The van der Waals surface area contributed by atoms with E-state index < -0.39 is 0 Å². The van der Waals surface area contributed by atoms with Crippen molar-refractivity contribution < 1.29 is 0 Å². The van der Waals surface area contributed by atoms with Crippen LogP contribution >= 0.6 is 11.6 Å². The summed E-state index contributed by atoms with van der Waals surface area (Å²) in [6.07, 6.45) is 2.38. The molecule has 0 unspecified atom stereocenters. The van der Waals surface area contributed by atoms with Crippen molar-refractivity contribution in [3.63, 3.8) is 0 Å². The van der Waals surface area contributed by atoms with Gasteiger partial charge in [-0.25, -0.2) is 0 Å². The Morgan fingerprint density at radius 1 is 2.00 bits per heavy atom. The van der Waals surface area contributed by atoms with E-state index >= 15 is 0 Å². The molecule has 0 aromatic carbocycles. The van der Waals surface area contributed by atoms with Crippen molar-refractivity contribution in [1.82, 2.24) is 0 Å². The van der Waals surface area contributed by atoms with Gasteiger partial charge in [-0.15, -0.1) is 0 Å². The fourth-order valence-electron chi connectivity index (χ4n) is 0.0546. The molecule has 1 heteroatoms. The molecule has 28 valence electrons. The van der Waals surface area contributed by atoms with Crippen molar-refractivity contribution >= 4 is 11.6 Å². The highest BCUT2D eigenvalue weighted by molar-refractivity contribution is 6.22. The molecule has 0 amide bonds. The Hall–Kier alpha value is 0.0300. The predicted octanol–water partition coefficient (Wildman–Crippen LogP) is 1.77. The lowest BCUT2D eigenvalue weighted by molar-refractivity contribution is 1.40. The fraction of sp³-hybridized carbons (Fsp3) is 0.250. The molecule has 0 aliphatic heterocycles. The van der Waals surface area contributed by atoms with Gasteiger partial charge in [0.2, 0.25) is 0 Å². The van der Waals surface area contributed by atoms with E-state index in [1.807, 2.05) is 0 Å². The van der Waals surface area contributed by atoms with Gasteiger partial charge in [0.05, 0.1) is 5.54 Å². The van der Waals surface area contributed by atoms with E-state index in [2.05, 4.69) is 12.5 Å². The van der Waals surface area contributed by atoms with Crippen molar-refractivity contribution in [1.29, 1.82) is 0 Å². The maximum atomic E-state index is 4.96. The second-order valence-electron chi connectivity index (χ2n) is 0.602. The van der Waals surface area contributed by atoms with E-state index in [0.717, 1.165) is 6.42 Å². The van der Waals surface area contributed by atoms with Crippen molar-refractivity contribution in [2.45, 2.75) is 6.42 Å². The fourth-order valence-corrected chi connectivity index (χ4v) is 0.164. The van der Waals surface area contributed by atoms with Crippen LogP contribution in [-0.2, 0) is 0 Å². The lowest BCUT2D eigenvalue weighted by Gasteiger charge is -1.61. The van der Waals surface area contributed by atoms with E-state index in [1.54, 1.807) is 6.08 Å². The predicted molar refractivity (Wildman–Crippen MR) is 23.6 cm³/mol. The lowest BCUT2D eigenvalue weighted by atomic mass is 10.5. The largest absolute Gasteiger partial charge is 0.0831 e. The summed E-state index contributed by atoms with van der Waals surface area (Å²) in [4.78, 5) is 0. The van der Waals surface area contributed by atoms with Gasteiger partial charge in [-0.1, -0.05) is 17.7 Å². The minimum atomic E-state index is 0.726. The first-order valence-corrected chi connectivity index (χ1v) is 1.76. The molecule has 0 rings (SSSR count). The Bertz CT molecular complexity index is 30.6. The molecule has 0 N–H and O–H groups in total. The molecule has 0 aromatic rings. The maximum absolute atomic E-state index is 4.96. The average Bonchev–Trinajstić information content (AvgIpc) is 1.41. The molecule has 0 aromatic heterocycles. The minimum absolute atomic E-state index is 0.726. The zero-order valence-corrected chi connectivity index (χ0v) is 3.63. The normalized spacial score (nSPS) is 10.0. The van der Waals surface area contributed by atoms with Crippen molar-refractivity contribution in [3.05, 3.63) is 18.5 Å². The van der Waals surface area contributed by atoms with Gasteiger partial charge in [0.15, 0.2) is 0 Å². The van der Waals surface area contributed by atoms with Gasteiger partial charge in [0.25, 0.3) is 0 Å². The van der Waals surface area contributed by atoms with E-state index in [1.165, 1.54) is 0 Å². The van der Waals surface area contributed by atoms with Crippen LogP contribution in [0.25, 0.3) is 0 Å². The Kier molecular flexibility index (Phi) is 4.05. The molecular weight excluding hydrogens is 83.5 g/mol. The Balaban J connectivity index is 2.62. The van der Waals surface area contributed by atoms with Crippen LogP contribution in [0.4, 0.5) is 0 Å². The Labute approximate surface area is 37.4 Å². The summed E-state index contributed by atoms with van der Waals surface area (Å²) in [5.41, 5.74) is 2.30. The molecule has 0 saturated carbocycles. The van der Waals surface area contributed by atoms with Gasteiger partial charge < -0.3 is 0 Å². The number of hydrogen-bond acceptors (Lipinski definition) is 0. The van der Waals surface area contributed by atoms with E-state index in [0.29, 0.717) is 0 Å². The van der Waals surface area contributed by atoms with Gasteiger partial charge >= 0.3 is 0 Å². The zero-order chi connectivity index (χ0) is 4.12. The first-order chi connectivity index (χ1) is 2.41. The first-order valence-electron chi connectivity index (χ1n) is 1.39. The number of halogens is 1. The summed E-state index contributed by atoms with van der Waals surface area (Å²) in [7, 11) is 0. The third-order valence-electron chi connectivity index (χ3n) is 0.221. The SMILES string of the molecule is [CH2]C/C=[C]/Cl. The van der Waals surface area contributed by atoms with E-state index in [9.17, 15) is 0 Å². The zero-order valence-electron chi connectivity index (χ0n) is 2.87. The third kappa shape index (κ3) is 4.03. The van der Waals surface area contributed by atoms with Crippen LogP contribution in [0.5, 0.6) is 0 Å². The smallest absolute Gasteiger partial charge is 0.0549 e. The van der Waals surface area contributed by atoms with Crippen LogP contribution in [-0.4, -0.2) is 0 Å². The molecule has 5 heavy (non-hydrogen) atoms. The topological polar surface area (TPSA) is 0 Å². The molecule has 0 nitrogen and oxygen atoms in total. The third-order valence-corrected chi connectivity index (χ3v) is 0.376. The van der Waals surface area contributed by atoms with Crippen LogP contribution in [0.15, 0.2) is 6.08 Å². The molecule has 0 fully saturated rings. The van der Waals surface area contributed by atoms with Crippen molar-refractivity contribution in [2.75, 3.05) is 0 Å². The number of hydrogen-bond donors (Lipinski definition) is 0. The minimum Gasteiger partial charge on any atom is -0.0831 e. The highest BCUT2D eigenvalue weighted by Crippen LogP contribution is 1.77. The van der Waals surface area contributed by atoms with Gasteiger partial charge in [0.1, 0.15) is 0 Å². The van der Waals surface area contributed by atoms with Crippen LogP contribution in [0.2, 0.25) is 0 Å². The van der Waals surface area contributed by atoms with Crippen LogP contribution in [0, 0.1) is 12.5 Å². The van der Waals surface area contributed by atoms with Crippen LogP contribution < -0.4 is 0 Å². The molecule has 0 atom stereocenters. The highest BCUT2D eigenvalue weighted by atomic mass is 35.5. The van der Waals surface area contributed by atoms with Gasteiger partial charge in [0, 0.05) is 0 Å². The molecule has 0 saturated heterocycles. The first kappa shape index (κ1) is 5.03. The van der Waals surface area contributed by atoms with Crippen molar-refractivity contribution in [2.24, 2.45) is 0 Å². The molecule has 0 aliphatic carbocycles. The van der Waals surface area contributed by atoms with Gasteiger partial charge in [-0.05, 0) is 13.3 Å². The average molecular weight is 88.5 g/mol. The standard InChI is InChI=1S/C4H5Cl/c1-2-3-4-5/h3H,1-2H2. The van der Waals surface area contributed by atoms with Gasteiger partial charge in [-0.2, -0.15) is 0 Å².